The van der Waals surface area contributed by atoms with Crippen LogP contribution >= 0.6 is 0 Å². The number of esters is 1. The van der Waals surface area contributed by atoms with Crippen LogP contribution in [-0.2, 0) is 29.3 Å². The lowest BCUT2D eigenvalue weighted by Crippen LogP contribution is -2.64. The van der Waals surface area contributed by atoms with Crippen molar-refractivity contribution in [3.63, 3.8) is 0 Å². The monoisotopic (exact) mass is 317 g/mol. The predicted octanol–water partition coefficient (Wildman–Crippen LogP) is 1.07. The second-order valence-electron chi connectivity index (χ2n) is 6.00. The Hall–Kier alpha value is -2.21. The molecule has 1 aromatic rings. The number of carbonyl (C=O) groups excluding carboxylic acids is 3. The van der Waals surface area contributed by atoms with E-state index in [0.717, 1.165) is 0 Å². The van der Waals surface area contributed by atoms with Crippen LogP contribution in [0.5, 0.6) is 0 Å². The number of para-hydroxylation sites is 1. The fraction of sp³-hybridized carbons (Fsp3) is 0.471. The summed E-state index contributed by atoms with van der Waals surface area (Å²) in [6.45, 7) is 0. The molecule has 1 aliphatic heterocycles. The van der Waals surface area contributed by atoms with E-state index in [0.29, 0.717) is 11.3 Å². The van der Waals surface area contributed by atoms with Gasteiger partial charge in [0.25, 0.3) is 0 Å². The molecule has 1 saturated carbocycles. The Morgan fingerprint density at radius 2 is 1.91 bits per heavy atom. The first-order valence-electron chi connectivity index (χ1n) is 7.48. The predicted molar refractivity (Wildman–Crippen MR) is 82.1 cm³/mol. The van der Waals surface area contributed by atoms with E-state index in [1.165, 1.54) is 19.1 Å². The molecule has 0 bridgehead atoms. The number of fused-ring (bicyclic) bond motifs is 3. The standard InChI is InChI=1S/C17H19NO5/c1-18-13-7-5-4-6-11(13)17(16(21)23-3)12(15(18)20)8-10(19)9-14(17)22-2/h4-7,12,14H,8-9H2,1-3H3/t12-,14+,17-/m1/s1. The van der Waals surface area contributed by atoms with Gasteiger partial charge in [-0.2, -0.15) is 0 Å². The van der Waals surface area contributed by atoms with Gasteiger partial charge in [-0.15, -0.1) is 0 Å². The number of amides is 1. The van der Waals surface area contributed by atoms with Crippen LogP contribution in [0.25, 0.3) is 0 Å². The van der Waals surface area contributed by atoms with E-state index in [2.05, 4.69) is 0 Å². The van der Waals surface area contributed by atoms with Gasteiger partial charge in [-0.1, -0.05) is 18.2 Å². The molecule has 1 aliphatic carbocycles. The second kappa shape index (κ2) is 5.45. The molecular weight excluding hydrogens is 298 g/mol. The molecule has 0 N–H and O–H groups in total. The van der Waals surface area contributed by atoms with Gasteiger partial charge in [0, 0.05) is 32.7 Å². The molecule has 0 unspecified atom stereocenters. The maximum atomic E-state index is 12.9. The number of hydrogen-bond acceptors (Lipinski definition) is 5. The summed E-state index contributed by atoms with van der Waals surface area (Å²) < 4.78 is 10.6. The van der Waals surface area contributed by atoms with Crippen LogP contribution < -0.4 is 4.90 Å². The van der Waals surface area contributed by atoms with Gasteiger partial charge in [-0.05, 0) is 11.6 Å². The minimum absolute atomic E-state index is 0.0203. The summed E-state index contributed by atoms with van der Waals surface area (Å²) in [4.78, 5) is 39.3. The van der Waals surface area contributed by atoms with E-state index in [9.17, 15) is 14.4 Å². The summed E-state index contributed by atoms with van der Waals surface area (Å²) in [5.41, 5.74) is 0.0475. The molecule has 1 amide bonds. The molecular formula is C17H19NO5. The largest absolute Gasteiger partial charge is 0.468 e. The van der Waals surface area contributed by atoms with E-state index in [4.69, 9.17) is 9.47 Å². The molecule has 1 heterocycles. The molecule has 23 heavy (non-hydrogen) atoms. The minimum Gasteiger partial charge on any atom is -0.468 e. The van der Waals surface area contributed by atoms with Crippen LogP contribution in [-0.4, -0.2) is 45.0 Å². The van der Waals surface area contributed by atoms with Gasteiger partial charge in [0.1, 0.15) is 11.2 Å². The average molecular weight is 317 g/mol. The van der Waals surface area contributed by atoms with E-state index < -0.39 is 23.4 Å². The average Bonchev–Trinajstić information content (AvgIpc) is 2.58. The first kappa shape index (κ1) is 15.7. The van der Waals surface area contributed by atoms with E-state index in [1.807, 2.05) is 18.2 Å². The van der Waals surface area contributed by atoms with Crippen molar-refractivity contribution in [2.75, 3.05) is 26.2 Å². The molecule has 6 heteroatoms. The number of ether oxygens (including phenoxy) is 2. The van der Waals surface area contributed by atoms with Crippen molar-refractivity contribution in [2.24, 2.45) is 5.92 Å². The maximum Gasteiger partial charge on any atom is 0.319 e. The Balaban J connectivity index is 2.34. The lowest BCUT2D eigenvalue weighted by Gasteiger charge is -2.50. The van der Waals surface area contributed by atoms with Crippen LogP contribution in [0, 0.1) is 5.92 Å². The summed E-state index contributed by atoms with van der Waals surface area (Å²) in [6, 6.07) is 7.22. The molecule has 0 aromatic heterocycles. The first-order valence-corrected chi connectivity index (χ1v) is 7.48. The zero-order valence-corrected chi connectivity index (χ0v) is 13.4. The number of hydrogen-bond donors (Lipinski definition) is 0. The number of methoxy groups -OCH3 is 2. The number of Topliss-reactive ketones (excluding diaryl/α,β-unsaturated/α-hetero) is 1. The van der Waals surface area contributed by atoms with Crippen molar-refractivity contribution >= 4 is 23.3 Å². The van der Waals surface area contributed by atoms with Gasteiger partial charge in [-0.25, -0.2) is 0 Å². The van der Waals surface area contributed by atoms with Crippen LogP contribution in [0.3, 0.4) is 0 Å². The molecule has 0 spiro atoms. The molecule has 0 radical (unpaired) electrons. The van der Waals surface area contributed by atoms with Gasteiger partial charge >= 0.3 is 5.97 Å². The van der Waals surface area contributed by atoms with Gasteiger partial charge in [0.2, 0.25) is 5.91 Å². The Bertz CT molecular complexity index is 685. The quantitative estimate of drug-likeness (QED) is 0.763. The summed E-state index contributed by atoms with van der Waals surface area (Å²) in [7, 11) is 4.41. The molecule has 1 aromatic carbocycles. The summed E-state index contributed by atoms with van der Waals surface area (Å²) in [6.07, 6.45) is -0.611. The summed E-state index contributed by atoms with van der Waals surface area (Å²) in [5, 5.41) is 0. The van der Waals surface area contributed by atoms with Gasteiger partial charge in [0.05, 0.1) is 19.1 Å². The SMILES string of the molecule is COC(=O)[C@]12c3ccccc3N(C)C(=O)[C@H]1CC(=O)C[C@@H]2OC. The van der Waals surface area contributed by atoms with Gasteiger partial charge in [-0.3, -0.25) is 14.4 Å². The molecule has 6 nitrogen and oxygen atoms in total. The smallest absolute Gasteiger partial charge is 0.319 e. The Morgan fingerprint density at radius 1 is 1.22 bits per heavy atom. The molecule has 2 aliphatic rings. The fourth-order valence-electron chi connectivity index (χ4n) is 4.00. The Morgan fingerprint density at radius 3 is 2.57 bits per heavy atom. The number of anilines is 1. The number of benzene rings is 1. The minimum atomic E-state index is -1.28. The molecule has 3 atom stereocenters. The number of ketones is 1. The van der Waals surface area contributed by atoms with Crippen molar-refractivity contribution in [3.05, 3.63) is 29.8 Å². The zero-order chi connectivity index (χ0) is 16.8. The third-order valence-electron chi connectivity index (χ3n) is 5.05. The highest BCUT2D eigenvalue weighted by Gasteiger charge is 2.63. The number of carbonyl (C=O) groups is 3. The molecule has 1 fully saturated rings. The topological polar surface area (TPSA) is 72.9 Å². The zero-order valence-electron chi connectivity index (χ0n) is 13.4. The van der Waals surface area contributed by atoms with Crippen molar-refractivity contribution in [3.8, 4) is 0 Å². The van der Waals surface area contributed by atoms with Crippen LogP contribution in [0.4, 0.5) is 5.69 Å². The Labute approximate surface area is 134 Å². The lowest BCUT2D eigenvalue weighted by molar-refractivity contribution is -0.167. The maximum absolute atomic E-state index is 12.9. The first-order chi connectivity index (χ1) is 11.0. The van der Waals surface area contributed by atoms with E-state index >= 15 is 0 Å². The molecule has 3 rings (SSSR count). The lowest BCUT2D eigenvalue weighted by atomic mass is 9.58. The third-order valence-corrected chi connectivity index (χ3v) is 5.05. The van der Waals surface area contributed by atoms with Crippen molar-refractivity contribution in [1.82, 2.24) is 0 Å². The normalized spacial score (nSPS) is 29.8. The fourth-order valence-corrected chi connectivity index (χ4v) is 4.00. The highest BCUT2D eigenvalue weighted by atomic mass is 16.5. The highest BCUT2D eigenvalue weighted by molar-refractivity contribution is 6.08. The summed E-state index contributed by atoms with van der Waals surface area (Å²) in [5.74, 6) is -1.68. The van der Waals surface area contributed by atoms with Crippen LogP contribution in [0.1, 0.15) is 18.4 Å². The third kappa shape index (κ3) is 1.94. The van der Waals surface area contributed by atoms with E-state index in [-0.39, 0.29) is 24.5 Å². The molecule has 122 valence electrons. The van der Waals surface area contributed by atoms with Crippen molar-refractivity contribution in [1.29, 1.82) is 0 Å². The number of rotatable bonds is 2. The van der Waals surface area contributed by atoms with Crippen molar-refractivity contribution in [2.45, 2.75) is 24.4 Å². The van der Waals surface area contributed by atoms with Gasteiger partial charge < -0.3 is 14.4 Å². The van der Waals surface area contributed by atoms with Crippen LogP contribution in [0.2, 0.25) is 0 Å². The summed E-state index contributed by atoms with van der Waals surface area (Å²) >= 11 is 0. The number of nitrogens with zero attached hydrogens (tertiary/aromatic N) is 1. The van der Waals surface area contributed by atoms with Crippen LogP contribution in [0.15, 0.2) is 24.3 Å². The van der Waals surface area contributed by atoms with E-state index in [1.54, 1.807) is 13.1 Å². The highest BCUT2D eigenvalue weighted by Crippen LogP contribution is 2.51. The van der Waals surface area contributed by atoms with Crippen molar-refractivity contribution < 1.29 is 23.9 Å². The molecule has 0 saturated heterocycles. The Kier molecular flexibility index (Phi) is 3.72. The van der Waals surface area contributed by atoms with Gasteiger partial charge in [0.15, 0.2) is 0 Å². The second-order valence-corrected chi connectivity index (χ2v) is 6.00.